The fourth-order valence-electron chi connectivity index (χ4n) is 2.00. The Morgan fingerprint density at radius 3 is 2.85 bits per heavy atom. The van der Waals surface area contributed by atoms with E-state index in [1.807, 2.05) is 0 Å². The van der Waals surface area contributed by atoms with Gasteiger partial charge in [-0.05, 0) is 31.2 Å². The summed E-state index contributed by atoms with van der Waals surface area (Å²) in [6.45, 7) is 5.62. The summed E-state index contributed by atoms with van der Waals surface area (Å²) in [5, 5.41) is 11.8. The van der Waals surface area contributed by atoms with Crippen LogP contribution in [0.1, 0.15) is 20.4 Å². The van der Waals surface area contributed by atoms with Gasteiger partial charge in [0, 0.05) is 5.75 Å². The third-order valence-corrected chi connectivity index (χ3v) is 6.27. The van der Waals surface area contributed by atoms with Gasteiger partial charge < -0.3 is 4.74 Å². The fraction of sp³-hybridized carbons (Fsp3) is 0.176. The zero-order valence-corrected chi connectivity index (χ0v) is 16.7. The van der Waals surface area contributed by atoms with Crippen LogP contribution in [0.2, 0.25) is 0 Å². The highest BCUT2D eigenvalue weighted by Gasteiger charge is 2.17. The number of thiazole rings is 1. The molecule has 140 valence electrons. The Balaban J connectivity index is 1.61. The molecule has 1 aromatic carbocycles. The largest absolute Gasteiger partial charge is 0.486 e. The zero-order valence-electron chi connectivity index (χ0n) is 14.3. The number of thioether (sulfide) groups is 1. The maximum Gasteiger partial charge on any atom is 0.269 e. The maximum absolute atomic E-state index is 12.9. The summed E-state index contributed by atoms with van der Waals surface area (Å²) in [5.41, 5.74) is 0.612. The van der Waals surface area contributed by atoms with E-state index in [9.17, 15) is 9.18 Å². The number of benzene rings is 1. The van der Waals surface area contributed by atoms with Crippen molar-refractivity contribution in [2.45, 2.75) is 17.9 Å². The Kier molecular flexibility index (Phi) is 6.54. The molecule has 0 aliphatic rings. The molecule has 3 rings (SSSR count). The molecule has 6 nitrogen and oxygen atoms in total. The van der Waals surface area contributed by atoms with Gasteiger partial charge in [0.2, 0.25) is 5.13 Å². The molecule has 10 heteroatoms. The molecule has 0 spiro atoms. The topological polar surface area (TPSA) is 77.0 Å². The Labute approximate surface area is 167 Å². The number of anilines is 1. The van der Waals surface area contributed by atoms with Crippen LogP contribution in [0, 0.1) is 12.7 Å². The molecule has 0 unspecified atom stereocenters. The Morgan fingerprint density at radius 2 is 2.11 bits per heavy atom. The molecule has 0 radical (unpaired) electrons. The lowest BCUT2D eigenvalue weighted by molar-refractivity contribution is 0.102. The van der Waals surface area contributed by atoms with Gasteiger partial charge in [0.15, 0.2) is 4.34 Å². The highest BCUT2D eigenvalue weighted by molar-refractivity contribution is 8.01. The van der Waals surface area contributed by atoms with Crippen LogP contribution in [-0.2, 0) is 6.61 Å². The molecule has 27 heavy (non-hydrogen) atoms. The minimum Gasteiger partial charge on any atom is -0.486 e. The molecule has 0 atom stereocenters. The summed E-state index contributed by atoms with van der Waals surface area (Å²) in [6.07, 6.45) is 1.78. The van der Waals surface area contributed by atoms with Crippen molar-refractivity contribution in [1.82, 2.24) is 15.2 Å². The van der Waals surface area contributed by atoms with Gasteiger partial charge in [0.1, 0.15) is 28.1 Å². The molecular formula is C17H15FN4O2S3. The predicted molar refractivity (Wildman–Crippen MR) is 106 cm³/mol. The Hall–Kier alpha value is -2.30. The van der Waals surface area contributed by atoms with Crippen molar-refractivity contribution in [2.75, 3.05) is 11.1 Å². The number of ether oxygens (including phenoxy) is 1. The fourth-order valence-corrected chi connectivity index (χ4v) is 4.38. The van der Waals surface area contributed by atoms with E-state index >= 15 is 0 Å². The number of hydrogen-bond acceptors (Lipinski definition) is 8. The maximum atomic E-state index is 12.9. The molecule has 1 amide bonds. The van der Waals surface area contributed by atoms with Crippen LogP contribution >= 0.6 is 34.4 Å². The van der Waals surface area contributed by atoms with Gasteiger partial charge in [-0.3, -0.25) is 10.1 Å². The average molecular weight is 423 g/mol. The van der Waals surface area contributed by atoms with E-state index in [1.54, 1.807) is 25.1 Å². The lowest BCUT2D eigenvalue weighted by Crippen LogP contribution is -2.11. The van der Waals surface area contributed by atoms with Crippen molar-refractivity contribution in [3.63, 3.8) is 0 Å². The predicted octanol–water partition coefficient (Wildman–Crippen LogP) is 4.55. The second kappa shape index (κ2) is 9.07. The SMILES string of the molecule is C=CCSc1nnc(NC(=O)c2sc(COc3ccc(F)cc3)nc2C)s1. The van der Waals surface area contributed by atoms with Crippen LogP contribution in [0.3, 0.4) is 0 Å². The smallest absolute Gasteiger partial charge is 0.269 e. The zero-order chi connectivity index (χ0) is 19.2. The van der Waals surface area contributed by atoms with E-state index in [1.165, 1.54) is 46.6 Å². The first-order chi connectivity index (χ1) is 13.0. The van der Waals surface area contributed by atoms with E-state index in [2.05, 4.69) is 27.1 Å². The van der Waals surface area contributed by atoms with Crippen LogP contribution in [0.5, 0.6) is 5.75 Å². The highest BCUT2D eigenvalue weighted by Crippen LogP contribution is 2.27. The van der Waals surface area contributed by atoms with E-state index in [0.717, 1.165) is 10.1 Å². The van der Waals surface area contributed by atoms with Crippen molar-refractivity contribution >= 4 is 45.5 Å². The van der Waals surface area contributed by atoms with Crippen LogP contribution < -0.4 is 10.1 Å². The lowest BCUT2D eigenvalue weighted by Gasteiger charge is -2.03. The summed E-state index contributed by atoms with van der Waals surface area (Å²) >= 11 is 4.06. The molecular weight excluding hydrogens is 407 g/mol. The van der Waals surface area contributed by atoms with Gasteiger partial charge in [0.25, 0.3) is 5.91 Å². The quantitative estimate of drug-likeness (QED) is 0.326. The van der Waals surface area contributed by atoms with Crippen molar-refractivity contribution in [3.8, 4) is 5.75 Å². The molecule has 2 heterocycles. The van der Waals surface area contributed by atoms with Gasteiger partial charge in [-0.25, -0.2) is 9.37 Å². The standard InChI is InChI=1S/C17H15FN4O2S3/c1-3-8-25-17-22-21-16(27-17)20-15(23)14-10(2)19-13(26-14)9-24-12-6-4-11(18)5-7-12/h3-7H,1,8-9H2,2H3,(H,20,21,23). The third kappa shape index (κ3) is 5.34. The first kappa shape index (κ1) is 19.5. The third-order valence-electron chi connectivity index (χ3n) is 3.17. The van der Waals surface area contributed by atoms with Crippen molar-refractivity contribution < 1.29 is 13.9 Å². The second-order valence-corrected chi connectivity index (χ2v) is 8.52. The van der Waals surface area contributed by atoms with Gasteiger partial charge in [-0.1, -0.05) is 29.2 Å². The van der Waals surface area contributed by atoms with Crippen molar-refractivity contribution in [2.24, 2.45) is 0 Å². The highest BCUT2D eigenvalue weighted by atomic mass is 32.2. The van der Waals surface area contributed by atoms with Crippen LogP contribution in [0.25, 0.3) is 0 Å². The lowest BCUT2D eigenvalue weighted by atomic mass is 10.3. The van der Waals surface area contributed by atoms with E-state index in [0.29, 0.717) is 26.5 Å². The number of aromatic nitrogens is 3. The number of carbonyl (C=O) groups excluding carboxylic acids is 1. The van der Waals surface area contributed by atoms with Crippen LogP contribution in [-0.4, -0.2) is 26.8 Å². The number of amides is 1. The van der Waals surface area contributed by atoms with E-state index in [4.69, 9.17) is 4.74 Å². The molecule has 0 aliphatic carbocycles. The monoisotopic (exact) mass is 422 g/mol. The minimum absolute atomic E-state index is 0.200. The molecule has 3 aromatic rings. The number of nitrogens with one attached hydrogen (secondary N) is 1. The number of nitrogens with zero attached hydrogens (tertiary/aromatic N) is 3. The Morgan fingerprint density at radius 1 is 1.33 bits per heavy atom. The van der Waals surface area contributed by atoms with Gasteiger partial charge in [-0.15, -0.1) is 28.1 Å². The summed E-state index contributed by atoms with van der Waals surface area (Å²) in [5.74, 6) is 0.658. The van der Waals surface area contributed by atoms with Gasteiger partial charge >= 0.3 is 0 Å². The van der Waals surface area contributed by atoms with Crippen molar-refractivity contribution in [1.29, 1.82) is 0 Å². The van der Waals surface area contributed by atoms with E-state index < -0.39 is 0 Å². The first-order valence-corrected chi connectivity index (χ1v) is 10.4. The number of carbonyl (C=O) groups is 1. The number of halogens is 1. The molecule has 2 aromatic heterocycles. The molecule has 0 saturated carbocycles. The minimum atomic E-state index is -0.325. The molecule has 0 bridgehead atoms. The number of rotatable bonds is 8. The van der Waals surface area contributed by atoms with Crippen LogP contribution in [0.15, 0.2) is 41.3 Å². The number of hydrogen-bond donors (Lipinski definition) is 1. The summed E-state index contributed by atoms with van der Waals surface area (Å²) < 4.78 is 19.2. The van der Waals surface area contributed by atoms with Gasteiger partial charge in [-0.2, -0.15) is 0 Å². The van der Waals surface area contributed by atoms with Crippen LogP contribution in [0.4, 0.5) is 9.52 Å². The summed E-state index contributed by atoms with van der Waals surface area (Å²) in [7, 11) is 0. The molecule has 0 fully saturated rings. The molecule has 0 saturated heterocycles. The molecule has 0 aliphatic heterocycles. The molecule has 1 N–H and O–H groups in total. The van der Waals surface area contributed by atoms with E-state index in [-0.39, 0.29) is 18.3 Å². The average Bonchev–Trinajstić information content (AvgIpc) is 3.25. The normalized spacial score (nSPS) is 10.6. The van der Waals surface area contributed by atoms with Crippen molar-refractivity contribution in [3.05, 3.63) is 58.3 Å². The number of aryl methyl sites for hydroxylation is 1. The Bertz CT molecular complexity index is 940. The van der Waals surface area contributed by atoms with Gasteiger partial charge in [0.05, 0.1) is 5.69 Å². The summed E-state index contributed by atoms with van der Waals surface area (Å²) in [6, 6.07) is 5.73. The first-order valence-electron chi connectivity index (χ1n) is 7.78. The summed E-state index contributed by atoms with van der Waals surface area (Å²) in [4.78, 5) is 17.3. The second-order valence-electron chi connectivity index (χ2n) is 5.19.